The number of Topliss-reactive ketones (excluding diaryl/α,β-unsaturated/α-hetero) is 1. The summed E-state index contributed by atoms with van der Waals surface area (Å²) in [5.74, 6) is -2.93. The number of fused-ring (bicyclic) bond motifs is 1. The zero-order valence-electron chi connectivity index (χ0n) is 22.4. The number of thiophene rings is 1. The lowest BCUT2D eigenvalue weighted by molar-refractivity contribution is -0.138. The molecule has 0 spiro atoms. The molecule has 3 amide bonds. The Labute approximate surface area is 240 Å². The van der Waals surface area contributed by atoms with Crippen LogP contribution in [0, 0.1) is 5.82 Å². The number of para-hydroxylation sites is 1. The van der Waals surface area contributed by atoms with Crippen LogP contribution in [0.4, 0.5) is 21.5 Å². The van der Waals surface area contributed by atoms with Gasteiger partial charge in [-0.2, -0.15) is 0 Å². The van der Waals surface area contributed by atoms with Crippen molar-refractivity contribution < 1.29 is 23.6 Å². The number of carbonyl (C=O) groups is 4. The van der Waals surface area contributed by atoms with E-state index >= 15 is 0 Å². The van der Waals surface area contributed by atoms with E-state index in [4.69, 9.17) is 0 Å². The Hall–Kier alpha value is -4.83. The number of nitrogens with one attached hydrogen (secondary N) is 1. The minimum absolute atomic E-state index is 0.0354. The van der Waals surface area contributed by atoms with Crippen molar-refractivity contribution in [2.75, 3.05) is 35.8 Å². The number of rotatable bonds is 9. The SMILES string of the molecule is CN(C)c1ccc(NC(=O)C(c2cccs2)N(Cc2ccc(F)cc2)C(=O)CN2C(=O)C(=O)c3ccccc32)cc1. The number of nitrogens with zero attached hydrogens (tertiary/aromatic N) is 3. The maximum Gasteiger partial charge on any atom is 0.299 e. The number of benzene rings is 3. The van der Waals surface area contributed by atoms with Crippen LogP contribution in [0.5, 0.6) is 0 Å². The molecule has 0 bridgehead atoms. The average Bonchev–Trinajstić information content (AvgIpc) is 3.57. The second-order valence-electron chi connectivity index (χ2n) is 9.73. The Kier molecular flexibility index (Phi) is 7.93. The second-order valence-corrected chi connectivity index (χ2v) is 10.7. The number of amides is 3. The summed E-state index contributed by atoms with van der Waals surface area (Å²) in [6.07, 6.45) is 0. The number of carbonyl (C=O) groups excluding carboxylic acids is 4. The van der Waals surface area contributed by atoms with E-state index in [1.54, 1.807) is 66.0 Å². The molecule has 2 heterocycles. The van der Waals surface area contributed by atoms with Crippen LogP contribution in [-0.2, 0) is 20.9 Å². The first-order valence-corrected chi connectivity index (χ1v) is 13.7. The smallest absolute Gasteiger partial charge is 0.299 e. The van der Waals surface area contributed by atoms with Gasteiger partial charge in [0.25, 0.3) is 17.6 Å². The highest BCUT2D eigenvalue weighted by atomic mass is 32.1. The number of halogens is 1. The summed E-state index contributed by atoms with van der Waals surface area (Å²) in [5.41, 5.74) is 2.66. The Morgan fingerprint density at radius 1 is 0.927 bits per heavy atom. The molecule has 4 aromatic rings. The summed E-state index contributed by atoms with van der Waals surface area (Å²) in [6, 6.07) is 21.9. The largest absolute Gasteiger partial charge is 0.378 e. The Morgan fingerprint density at radius 2 is 1.63 bits per heavy atom. The molecule has 0 radical (unpaired) electrons. The Balaban J connectivity index is 1.49. The molecule has 1 aliphatic heterocycles. The van der Waals surface area contributed by atoms with Crippen LogP contribution in [-0.4, -0.2) is 49.0 Å². The molecule has 0 saturated carbocycles. The van der Waals surface area contributed by atoms with Gasteiger partial charge in [0.2, 0.25) is 5.91 Å². The highest BCUT2D eigenvalue weighted by molar-refractivity contribution is 7.10. The molecule has 0 aliphatic carbocycles. The fourth-order valence-corrected chi connectivity index (χ4v) is 5.50. The highest BCUT2D eigenvalue weighted by Gasteiger charge is 2.39. The molecule has 1 atom stereocenters. The zero-order valence-corrected chi connectivity index (χ0v) is 23.2. The second kappa shape index (κ2) is 11.7. The van der Waals surface area contributed by atoms with E-state index in [2.05, 4.69) is 5.32 Å². The molecular weight excluding hydrogens is 543 g/mol. The van der Waals surface area contributed by atoms with Crippen LogP contribution in [0.3, 0.4) is 0 Å². The van der Waals surface area contributed by atoms with Crippen LogP contribution in [0.2, 0.25) is 0 Å². The minimum atomic E-state index is -1.07. The summed E-state index contributed by atoms with van der Waals surface area (Å²) in [7, 11) is 3.83. The third-order valence-corrected chi connectivity index (χ3v) is 7.71. The van der Waals surface area contributed by atoms with Gasteiger partial charge in [0.1, 0.15) is 18.4 Å². The quantitative estimate of drug-likeness (QED) is 0.290. The molecule has 3 aromatic carbocycles. The lowest BCUT2D eigenvalue weighted by Gasteiger charge is -2.32. The van der Waals surface area contributed by atoms with E-state index in [9.17, 15) is 23.6 Å². The Morgan fingerprint density at radius 3 is 2.29 bits per heavy atom. The molecule has 8 nitrogen and oxygen atoms in total. The number of hydrogen-bond donors (Lipinski definition) is 1. The molecule has 1 aliphatic rings. The van der Waals surface area contributed by atoms with Crippen LogP contribution in [0.1, 0.15) is 26.8 Å². The van der Waals surface area contributed by atoms with Crippen LogP contribution in [0.15, 0.2) is 90.3 Å². The third kappa shape index (κ3) is 5.87. The highest BCUT2D eigenvalue weighted by Crippen LogP contribution is 2.32. The lowest BCUT2D eigenvalue weighted by atomic mass is 10.1. The molecule has 41 heavy (non-hydrogen) atoms. The minimum Gasteiger partial charge on any atom is -0.378 e. The van der Waals surface area contributed by atoms with E-state index in [0.29, 0.717) is 21.8 Å². The van der Waals surface area contributed by atoms with E-state index in [1.807, 2.05) is 31.1 Å². The molecule has 1 N–H and O–H groups in total. The first-order chi connectivity index (χ1) is 19.7. The van der Waals surface area contributed by atoms with Crippen molar-refractivity contribution in [3.8, 4) is 0 Å². The van der Waals surface area contributed by atoms with Gasteiger partial charge >= 0.3 is 0 Å². The van der Waals surface area contributed by atoms with Gasteiger partial charge in [0, 0.05) is 36.9 Å². The Bertz CT molecular complexity index is 1590. The van der Waals surface area contributed by atoms with E-state index < -0.39 is 41.9 Å². The summed E-state index contributed by atoms with van der Waals surface area (Å²) < 4.78 is 13.7. The van der Waals surface area contributed by atoms with Gasteiger partial charge in [-0.3, -0.25) is 24.1 Å². The summed E-state index contributed by atoms with van der Waals surface area (Å²) in [4.78, 5) is 58.3. The maximum absolute atomic E-state index is 14.0. The van der Waals surface area contributed by atoms with Crippen LogP contribution in [0.25, 0.3) is 0 Å². The molecule has 10 heteroatoms. The number of ketones is 1. The monoisotopic (exact) mass is 570 g/mol. The van der Waals surface area contributed by atoms with Gasteiger partial charge < -0.3 is 15.1 Å². The standard InChI is InChI=1S/C31H27FN4O4S/c1-34(2)23-15-13-22(14-16-23)33-30(39)28(26-8-5-17-41-26)36(18-20-9-11-21(32)12-10-20)27(37)19-35-25-7-4-3-6-24(25)29(38)31(35)40/h3-17,28H,18-19H2,1-2H3,(H,33,39). The fourth-order valence-electron chi connectivity index (χ4n) is 4.67. The van der Waals surface area contributed by atoms with Gasteiger partial charge in [-0.1, -0.05) is 30.3 Å². The van der Waals surface area contributed by atoms with E-state index in [-0.39, 0.29) is 12.1 Å². The molecule has 208 valence electrons. The number of hydrogen-bond acceptors (Lipinski definition) is 6. The summed E-state index contributed by atoms with van der Waals surface area (Å²) in [6.45, 7) is -0.484. The average molecular weight is 571 g/mol. The first kappa shape index (κ1) is 27.7. The third-order valence-electron chi connectivity index (χ3n) is 6.78. The predicted octanol–water partition coefficient (Wildman–Crippen LogP) is 4.89. The molecule has 5 rings (SSSR count). The van der Waals surface area contributed by atoms with Gasteiger partial charge in [-0.15, -0.1) is 11.3 Å². The first-order valence-electron chi connectivity index (χ1n) is 12.8. The van der Waals surface area contributed by atoms with Crippen molar-refractivity contribution in [1.82, 2.24) is 4.90 Å². The van der Waals surface area contributed by atoms with Gasteiger partial charge in [0.05, 0.1) is 11.3 Å². The van der Waals surface area contributed by atoms with Gasteiger partial charge in [0.15, 0.2) is 0 Å². The predicted molar refractivity (Wildman–Crippen MR) is 157 cm³/mol. The maximum atomic E-state index is 14.0. The van der Waals surface area contributed by atoms with Crippen molar-refractivity contribution in [3.05, 3.63) is 112 Å². The molecule has 1 unspecified atom stereocenters. The lowest BCUT2D eigenvalue weighted by Crippen LogP contribution is -2.46. The van der Waals surface area contributed by atoms with Crippen LogP contribution >= 0.6 is 11.3 Å². The van der Waals surface area contributed by atoms with Crippen LogP contribution < -0.4 is 15.1 Å². The van der Waals surface area contributed by atoms with Crippen molar-refractivity contribution in [2.45, 2.75) is 12.6 Å². The zero-order chi connectivity index (χ0) is 29.1. The molecule has 0 fully saturated rings. The summed E-state index contributed by atoms with van der Waals surface area (Å²) >= 11 is 1.31. The molecular formula is C31H27FN4O4S. The van der Waals surface area contributed by atoms with Crippen molar-refractivity contribution in [2.24, 2.45) is 0 Å². The van der Waals surface area contributed by atoms with Gasteiger partial charge in [-0.25, -0.2) is 4.39 Å². The van der Waals surface area contributed by atoms with E-state index in [1.165, 1.54) is 28.4 Å². The van der Waals surface area contributed by atoms with Crippen molar-refractivity contribution in [1.29, 1.82) is 0 Å². The summed E-state index contributed by atoms with van der Waals surface area (Å²) in [5, 5.41) is 4.72. The van der Waals surface area contributed by atoms with Crippen molar-refractivity contribution >= 4 is 51.9 Å². The topological polar surface area (TPSA) is 90.0 Å². The number of anilines is 3. The van der Waals surface area contributed by atoms with Crippen molar-refractivity contribution in [3.63, 3.8) is 0 Å². The molecule has 0 saturated heterocycles. The van der Waals surface area contributed by atoms with Gasteiger partial charge in [-0.05, 0) is 65.5 Å². The van der Waals surface area contributed by atoms with E-state index in [0.717, 1.165) is 10.6 Å². The normalized spacial score (nSPS) is 13.1. The molecule has 1 aromatic heterocycles. The fraction of sp³-hybridized carbons (Fsp3) is 0.161.